The largest absolute Gasteiger partial charge is 0.469 e. The number of hydrogen-bond acceptors (Lipinski definition) is 6. The van der Waals surface area contributed by atoms with Crippen LogP contribution < -0.4 is 5.32 Å². The molecular formula is C17H20F3NO6. The van der Waals surface area contributed by atoms with Gasteiger partial charge in [-0.2, -0.15) is 13.2 Å². The lowest BCUT2D eigenvalue weighted by molar-refractivity contribution is -0.149. The minimum Gasteiger partial charge on any atom is -0.469 e. The SMILES string of the molecule is COC(=O)[C@H](C)C[C@@H](NC(=O)[C@@H](O)c1ccc(C(F)(F)F)cc1)C(=O)OC. The summed E-state index contributed by atoms with van der Waals surface area (Å²) in [7, 11) is 2.25. The lowest BCUT2D eigenvalue weighted by atomic mass is 10.0. The van der Waals surface area contributed by atoms with Gasteiger partial charge in [-0.15, -0.1) is 0 Å². The number of rotatable bonds is 7. The fraction of sp³-hybridized carbons (Fsp3) is 0.471. The third-order valence-electron chi connectivity index (χ3n) is 3.80. The number of esters is 2. The highest BCUT2D eigenvalue weighted by molar-refractivity contribution is 5.88. The van der Waals surface area contributed by atoms with E-state index in [9.17, 15) is 32.7 Å². The summed E-state index contributed by atoms with van der Waals surface area (Å²) < 4.78 is 46.8. The van der Waals surface area contributed by atoms with Crippen LogP contribution in [0.15, 0.2) is 24.3 Å². The first-order chi connectivity index (χ1) is 12.5. The molecule has 0 aromatic heterocycles. The molecule has 0 spiro atoms. The van der Waals surface area contributed by atoms with Gasteiger partial charge in [0.05, 0.1) is 25.7 Å². The van der Waals surface area contributed by atoms with E-state index in [0.717, 1.165) is 31.4 Å². The molecule has 150 valence electrons. The summed E-state index contributed by atoms with van der Waals surface area (Å²) >= 11 is 0. The first-order valence-corrected chi connectivity index (χ1v) is 7.82. The molecule has 1 amide bonds. The second kappa shape index (κ2) is 9.36. The van der Waals surface area contributed by atoms with Gasteiger partial charge in [0, 0.05) is 0 Å². The number of alkyl halides is 3. The Bertz CT molecular complexity index is 674. The summed E-state index contributed by atoms with van der Waals surface area (Å²) in [6.07, 6.45) is -6.51. The van der Waals surface area contributed by atoms with E-state index < -0.39 is 47.6 Å². The topological polar surface area (TPSA) is 102 Å². The van der Waals surface area contributed by atoms with Crippen molar-refractivity contribution in [1.29, 1.82) is 0 Å². The molecule has 0 unspecified atom stereocenters. The van der Waals surface area contributed by atoms with Gasteiger partial charge in [-0.05, 0) is 24.1 Å². The van der Waals surface area contributed by atoms with Crippen LogP contribution >= 0.6 is 0 Å². The predicted molar refractivity (Wildman–Crippen MR) is 86.1 cm³/mol. The minimum absolute atomic E-state index is 0.0925. The van der Waals surface area contributed by atoms with Crippen molar-refractivity contribution in [2.45, 2.75) is 31.7 Å². The molecule has 1 rings (SSSR count). The number of carbonyl (C=O) groups is 3. The van der Waals surface area contributed by atoms with Gasteiger partial charge in [0.2, 0.25) is 0 Å². The van der Waals surface area contributed by atoms with Crippen molar-refractivity contribution in [3.8, 4) is 0 Å². The van der Waals surface area contributed by atoms with Crippen LogP contribution in [0.25, 0.3) is 0 Å². The number of aliphatic hydroxyl groups excluding tert-OH is 1. The molecule has 1 aromatic rings. The van der Waals surface area contributed by atoms with Crippen molar-refractivity contribution in [2.24, 2.45) is 5.92 Å². The quantitative estimate of drug-likeness (QED) is 0.685. The van der Waals surface area contributed by atoms with E-state index in [0.29, 0.717) is 0 Å². The van der Waals surface area contributed by atoms with Crippen molar-refractivity contribution in [3.63, 3.8) is 0 Å². The number of carbonyl (C=O) groups excluding carboxylic acids is 3. The van der Waals surface area contributed by atoms with Crippen molar-refractivity contribution in [2.75, 3.05) is 14.2 Å². The molecule has 0 radical (unpaired) electrons. The van der Waals surface area contributed by atoms with Crippen LogP contribution in [0.1, 0.15) is 30.6 Å². The van der Waals surface area contributed by atoms with E-state index in [1.54, 1.807) is 0 Å². The van der Waals surface area contributed by atoms with Gasteiger partial charge in [0.25, 0.3) is 5.91 Å². The Morgan fingerprint density at radius 3 is 2.04 bits per heavy atom. The number of halogens is 3. The van der Waals surface area contributed by atoms with Crippen molar-refractivity contribution >= 4 is 17.8 Å². The number of nitrogens with one attached hydrogen (secondary N) is 1. The second-order valence-electron chi connectivity index (χ2n) is 5.77. The van der Waals surface area contributed by atoms with Crippen molar-refractivity contribution in [1.82, 2.24) is 5.32 Å². The maximum absolute atomic E-state index is 12.6. The Hall–Kier alpha value is -2.62. The third-order valence-corrected chi connectivity index (χ3v) is 3.80. The lowest BCUT2D eigenvalue weighted by Crippen LogP contribution is -2.45. The number of ether oxygens (including phenoxy) is 2. The Morgan fingerprint density at radius 2 is 1.59 bits per heavy atom. The molecule has 3 atom stereocenters. The normalized spacial score (nSPS) is 14.6. The van der Waals surface area contributed by atoms with E-state index in [1.807, 2.05) is 0 Å². The molecule has 0 saturated carbocycles. The smallest absolute Gasteiger partial charge is 0.416 e. The van der Waals surface area contributed by atoms with Crippen LogP contribution in [0.3, 0.4) is 0 Å². The Balaban J connectivity index is 2.87. The van der Waals surface area contributed by atoms with Crippen molar-refractivity contribution < 1.29 is 42.1 Å². The Morgan fingerprint density at radius 1 is 1.07 bits per heavy atom. The summed E-state index contributed by atoms with van der Waals surface area (Å²) in [6, 6.07) is 2.11. The van der Waals surface area contributed by atoms with Gasteiger partial charge in [-0.3, -0.25) is 9.59 Å². The van der Waals surface area contributed by atoms with Crippen LogP contribution in [-0.2, 0) is 30.0 Å². The standard InChI is InChI=1S/C17H20F3NO6/c1-9(15(24)26-2)8-12(16(25)27-3)21-14(23)13(22)10-4-6-11(7-5-10)17(18,19)20/h4-7,9,12-13,22H,8H2,1-3H3,(H,21,23)/t9-,12-,13+/m1/s1. The molecule has 0 saturated heterocycles. The lowest BCUT2D eigenvalue weighted by Gasteiger charge is -2.21. The van der Waals surface area contributed by atoms with E-state index >= 15 is 0 Å². The Kier molecular flexibility index (Phi) is 7.77. The molecule has 7 nitrogen and oxygen atoms in total. The molecule has 0 aliphatic carbocycles. The summed E-state index contributed by atoms with van der Waals surface area (Å²) in [4.78, 5) is 35.5. The molecule has 0 heterocycles. The molecule has 0 bridgehead atoms. The zero-order chi connectivity index (χ0) is 20.8. The van der Waals surface area contributed by atoms with Gasteiger partial charge < -0.3 is 19.9 Å². The van der Waals surface area contributed by atoms with Crippen LogP contribution in [-0.4, -0.2) is 43.2 Å². The van der Waals surface area contributed by atoms with Crippen molar-refractivity contribution in [3.05, 3.63) is 35.4 Å². The highest BCUT2D eigenvalue weighted by Crippen LogP contribution is 2.30. The highest BCUT2D eigenvalue weighted by atomic mass is 19.4. The molecule has 1 aromatic carbocycles. The molecule has 0 fully saturated rings. The number of methoxy groups -OCH3 is 2. The van der Waals surface area contributed by atoms with Gasteiger partial charge in [-0.25, -0.2) is 4.79 Å². The van der Waals surface area contributed by atoms with E-state index in [2.05, 4.69) is 14.8 Å². The second-order valence-corrected chi connectivity index (χ2v) is 5.77. The summed E-state index contributed by atoms with van der Waals surface area (Å²) in [5, 5.41) is 12.3. The number of aliphatic hydroxyl groups is 1. The molecule has 0 aliphatic heterocycles. The summed E-state index contributed by atoms with van der Waals surface area (Å²) in [5.74, 6) is -3.23. The molecule has 2 N–H and O–H groups in total. The average molecular weight is 391 g/mol. The third kappa shape index (κ3) is 6.24. The number of hydrogen-bond donors (Lipinski definition) is 2. The fourth-order valence-electron chi connectivity index (χ4n) is 2.26. The van der Waals surface area contributed by atoms with E-state index in [-0.39, 0.29) is 12.0 Å². The number of amides is 1. The summed E-state index contributed by atoms with van der Waals surface area (Å²) in [6.45, 7) is 1.47. The van der Waals surface area contributed by atoms with Crippen LogP contribution in [0.2, 0.25) is 0 Å². The number of benzene rings is 1. The van der Waals surface area contributed by atoms with E-state index in [4.69, 9.17) is 0 Å². The first-order valence-electron chi connectivity index (χ1n) is 7.82. The van der Waals surface area contributed by atoms with Gasteiger partial charge >= 0.3 is 18.1 Å². The average Bonchev–Trinajstić information content (AvgIpc) is 2.64. The van der Waals surface area contributed by atoms with Gasteiger partial charge in [0.15, 0.2) is 6.10 Å². The van der Waals surface area contributed by atoms with Crippen LogP contribution in [0.4, 0.5) is 13.2 Å². The van der Waals surface area contributed by atoms with Gasteiger partial charge in [-0.1, -0.05) is 19.1 Å². The van der Waals surface area contributed by atoms with Gasteiger partial charge in [0.1, 0.15) is 6.04 Å². The minimum atomic E-state index is -4.55. The van der Waals surface area contributed by atoms with Crippen LogP contribution in [0.5, 0.6) is 0 Å². The molecule has 27 heavy (non-hydrogen) atoms. The highest BCUT2D eigenvalue weighted by Gasteiger charge is 2.32. The predicted octanol–water partition coefficient (Wildman–Crippen LogP) is 1.60. The maximum Gasteiger partial charge on any atom is 0.416 e. The molecule has 10 heteroatoms. The molecular weight excluding hydrogens is 371 g/mol. The fourth-order valence-corrected chi connectivity index (χ4v) is 2.26. The monoisotopic (exact) mass is 391 g/mol. The zero-order valence-corrected chi connectivity index (χ0v) is 14.9. The van der Waals surface area contributed by atoms with Crippen LogP contribution in [0, 0.1) is 5.92 Å². The first kappa shape index (κ1) is 22.4. The maximum atomic E-state index is 12.6. The zero-order valence-electron chi connectivity index (χ0n) is 14.9. The summed E-state index contributed by atoms with van der Waals surface area (Å²) in [5.41, 5.74) is -1.02. The van der Waals surface area contributed by atoms with E-state index in [1.165, 1.54) is 14.0 Å². The molecule has 0 aliphatic rings. The Labute approximate surface area is 153 Å².